The summed E-state index contributed by atoms with van der Waals surface area (Å²) in [4.78, 5) is 14.6. The second kappa shape index (κ2) is 8.78. The first-order chi connectivity index (χ1) is 11.8. The summed E-state index contributed by atoms with van der Waals surface area (Å²) in [5.74, 6) is -0.0385. The summed E-state index contributed by atoms with van der Waals surface area (Å²) >= 11 is 0. The largest absolute Gasteiger partial charge is 0.324 e. The van der Waals surface area contributed by atoms with Crippen LogP contribution in [0.25, 0.3) is 0 Å². The van der Waals surface area contributed by atoms with Crippen molar-refractivity contribution in [3.63, 3.8) is 0 Å². The van der Waals surface area contributed by atoms with Crippen LogP contribution < -0.4 is 5.32 Å². The lowest BCUT2D eigenvalue weighted by atomic mass is 10.0. The van der Waals surface area contributed by atoms with E-state index in [1.54, 1.807) is 0 Å². The Hall–Kier alpha value is -1.44. The molecule has 1 amide bonds. The highest BCUT2D eigenvalue weighted by Gasteiger charge is 2.22. The molecule has 1 fully saturated rings. The second-order valence-electron chi connectivity index (χ2n) is 6.50. The molecule has 1 aliphatic rings. The number of hydrogen-bond donors (Lipinski definition) is 1. The molecule has 0 aromatic heterocycles. The number of aryl methyl sites for hydroxylation is 2. The number of carbonyl (C=O) groups excluding carboxylic acids is 1. The number of rotatable bonds is 6. The van der Waals surface area contributed by atoms with Crippen LogP contribution in [0.5, 0.6) is 0 Å². The molecule has 0 aliphatic carbocycles. The average Bonchev–Trinajstić information content (AvgIpc) is 2.80. The Kier molecular flexibility index (Phi) is 6.98. The molecule has 1 heterocycles. The molecule has 0 spiro atoms. The molecule has 2 rings (SSSR count). The maximum atomic E-state index is 12.5. The van der Waals surface area contributed by atoms with E-state index in [9.17, 15) is 13.2 Å². The molecule has 0 unspecified atom stereocenters. The van der Waals surface area contributed by atoms with Gasteiger partial charge in [0.15, 0.2) is 0 Å². The molecular formula is C18H29N3O3S. The minimum absolute atomic E-state index is 0.0385. The number of para-hydroxylation sites is 1. The van der Waals surface area contributed by atoms with Crippen molar-refractivity contribution < 1.29 is 13.2 Å². The van der Waals surface area contributed by atoms with Crippen molar-refractivity contribution in [1.82, 2.24) is 9.21 Å². The third-order valence-corrected chi connectivity index (χ3v) is 5.95. The van der Waals surface area contributed by atoms with Crippen molar-refractivity contribution in [2.45, 2.75) is 33.1 Å². The summed E-state index contributed by atoms with van der Waals surface area (Å²) in [5.41, 5.74) is 3.23. The Morgan fingerprint density at radius 1 is 1.08 bits per heavy atom. The third-order valence-electron chi connectivity index (χ3n) is 4.65. The van der Waals surface area contributed by atoms with Crippen molar-refractivity contribution in [2.75, 3.05) is 44.3 Å². The molecule has 25 heavy (non-hydrogen) atoms. The van der Waals surface area contributed by atoms with Crippen LogP contribution in [0.1, 0.15) is 31.4 Å². The normalized spacial score (nSPS) is 17.2. The first-order valence-corrected chi connectivity index (χ1v) is 10.8. The highest BCUT2D eigenvalue weighted by atomic mass is 32.2. The third kappa shape index (κ3) is 5.52. The van der Waals surface area contributed by atoms with Gasteiger partial charge in [-0.15, -0.1) is 0 Å². The van der Waals surface area contributed by atoms with E-state index in [-0.39, 0.29) is 5.91 Å². The zero-order chi connectivity index (χ0) is 18.4. The standard InChI is InChI=1S/C18H29N3O3S/c1-4-15-8-6-9-16(5-2)18(15)19-17(22)14-20-10-7-11-21(13-12-20)25(3,23)24/h6,8-9H,4-5,7,10-14H2,1-3H3,(H,19,22). The monoisotopic (exact) mass is 367 g/mol. The van der Waals surface area contributed by atoms with Gasteiger partial charge in [-0.05, 0) is 36.9 Å². The molecule has 6 nitrogen and oxygen atoms in total. The highest BCUT2D eigenvalue weighted by molar-refractivity contribution is 7.88. The molecule has 0 radical (unpaired) electrons. The Balaban J connectivity index is 1.99. The fourth-order valence-electron chi connectivity index (χ4n) is 3.22. The van der Waals surface area contributed by atoms with Crippen molar-refractivity contribution in [3.8, 4) is 0 Å². The summed E-state index contributed by atoms with van der Waals surface area (Å²) in [6.45, 7) is 6.73. The Labute approximate surface area is 151 Å². The minimum Gasteiger partial charge on any atom is -0.324 e. The maximum Gasteiger partial charge on any atom is 0.238 e. The van der Waals surface area contributed by atoms with E-state index < -0.39 is 10.0 Å². The van der Waals surface area contributed by atoms with Crippen molar-refractivity contribution >= 4 is 21.6 Å². The lowest BCUT2D eigenvalue weighted by Crippen LogP contribution is -2.37. The Morgan fingerprint density at radius 3 is 2.28 bits per heavy atom. The summed E-state index contributed by atoms with van der Waals surface area (Å²) < 4.78 is 24.8. The van der Waals surface area contributed by atoms with Gasteiger partial charge in [0.25, 0.3) is 0 Å². The lowest BCUT2D eigenvalue weighted by molar-refractivity contribution is -0.117. The number of hydrogen-bond acceptors (Lipinski definition) is 4. The summed E-state index contributed by atoms with van der Waals surface area (Å²) in [7, 11) is -3.16. The fraction of sp³-hybridized carbons (Fsp3) is 0.611. The quantitative estimate of drug-likeness (QED) is 0.831. The topological polar surface area (TPSA) is 69.7 Å². The second-order valence-corrected chi connectivity index (χ2v) is 8.48. The van der Waals surface area contributed by atoms with Gasteiger partial charge in [0.05, 0.1) is 12.8 Å². The van der Waals surface area contributed by atoms with E-state index >= 15 is 0 Å². The van der Waals surface area contributed by atoms with Crippen LogP contribution >= 0.6 is 0 Å². The molecular weight excluding hydrogens is 338 g/mol. The highest BCUT2D eigenvalue weighted by Crippen LogP contribution is 2.22. The lowest BCUT2D eigenvalue weighted by Gasteiger charge is -2.21. The summed E-state index contributed by atoms with van der Waals surface area (Å²) in [6.07, 6.45) is 3.72. The molecule has 0 atom stereocenters. The van der Waals surface area contributed by atoms with E-state index in [4.69, 9.17) is 0 Å². The number of anilines is 1. The fourth-order valence-corrected chi connectivity index (χ4v) is 4.10. The predicted molar refractivity (Wildman–Crippen MR) is 101 cm³/mol. The number of sulfonamides is 1. The molecule has 1 aromatic carbocycles. The van der Waals surface area contributed by atoms with E-state index in [1.165, 1.54) is 10.6 Å². The van der Waals surface area contributed by atoms with Gasteiger partial charge in [-0.3, -0.25) is 9.69 Å². The smallest absolute Gasteiger partial charge is 0.238 e. The van der Waals surface area contributed by atoms with Gasteiger partial charge in [-0.2, -0.15) is 0 Å². The average molecular weight is 368 g/mol. The molecule has 140 valence electrons. The molecule has 1 N–H and O–H groups in total. The van der Waals surface area contributed by atoms with Crippen LogP contribution in [0.3, 0.4) is 0 Å². The molecule has 0 bridgehead atoms. The van der Waals surface area contributed by atoms with E-state index in [1.807, 2.05) is 23.1 Å². The minimum atomic E-state index is -3.16. The molecule has 1 aromatic rings. The van der Waals surface area contributed by atoms with Crippen LogP contribution in [-0.4, -0.2) is 62.5 Å². The van der Waals surface area contributed by atoms with Crippen LogP contribution in [0.4, 0.5) is 5.69 Å². The van der Waals surface area contributed by atoms with E-state index in [0.29, 0.717) is 26.2 Å². The maximum absolute atomic E-state index is 12.5. The number of nitrogens with zero attached hydrogens (tertiary/aromatic N) is 2. The zero-order valence-corrected chi connectivity index (χ0v) is 16.2. The van der Waals surface area contributed by atoms with Crippen molar-refractivity contribution in [3.05, 3.63) is 29.3 Å². The molecule has 7 heteroatoms. The van der Waals surface area contributed by atoms with Gasteiger partial charge >= 0.3 is 0 Å². The van der Waals surface area contributed by atoms with Gasteiger partial charge in [0, 0.05) is 25.3 Å². The van der Waals surface area contributed by atoms with E-state index in [2.05, 4.69) is 19.2 Å². The van der Waals surface area contributed by atoms with Crippen molar-refractivity contribution in [1.29, 1.82) is 0 Å². The van der Waals surface area contributed by atoms with Gasteiger partial charge in [-0.1, -0.05) is 32.0 Å². The number of benzene rings is 1. The van der Waals surface area contributed by atoms with Gasteiger partial charge in [-0.25, -0.2) is 12.7 Å². The van der Waals surface area contributed by atoms with Gasteiger partial charge in [0.2, 0.25) is 15.9 Å². The van der Waals surface area contributed by atoms with Crippen LogP contribution in [0, 0.1) is 0 Å². The number of carbonyl (C=O) groups is 1. The Bertz CT molecular complexity index is 681. The zero-order valence-electron chi connectivity index (χ0n) is 15.4. The van der Waals surface area contributed by atoms with Crippen LogP contribution in [0.2, 0.25) is 0 Å². The first kappa shape index (κ1) is 19.9. The summed E-state index contributed by atoms with van der Waals surface area (Å²) in [6, 6.07) is 6.12. The SMILES string of the molecule is CCc1cccc(CC)c1NC(=O)CN1CCCN(S(C)(=O)=O)CC1. The Morgan fingerprint density at radius 2 is 1.72 bits per heavy atom. The van der Waals surface area contributed by atoms with Crippen LogP contribution in [0.15, 0.2) is 18.2 Å². The number of amides is 1. The molecule has 1 aliphatic heterocycles. The van der Waals surface area contributed by atoms with Gasteiger partial charge < -0.3 is 5.32 Å². The van der Waals surface area contributed by atoms with Gasteiger partial charge in [0.1, 0.15) is 0 Å². The number of nitrogens with one attached hydrogen (secondary N) is 1. The van der Waals surface area contributed by atoms with E-state index in [0.717, 1.165) is 42.6 Å². The molecule has 0 saturated carbocycles. The predicted octanol–water partition coefficient (Wildman–Crippen LogP) is 1.72. The first-order valence-electron chi connectivity index (χ1n) is 8.93. The van der Waals surface area contributed by atoms with Crippen molar-refractivity contribution in [2.24, 2.45) is 0 Å². The summed E-state index contributed by atoms with van der Waals surface area (Å²) in [5, 5.41) is 3.08. The van der Waals surface area contributed by atoms with Crippen LogP contribution in [-0.2, 0) is 27.7 Å². The molecule has 1 saturated heterocycles.